The summed E-state index contributed by atoms with van der Waals surface area (Å²) in [5.74, 6) is -0.137. The number of hydrogen-bond acceptors (Lipinski definition) is 4. The average molecular weight is 431 g/mol. The predicted molar refractivity (Wildman–Crippen MR) is 117 cm³/mol. The van der Waals surface area contributed by atoms with Gasteiger partial charge in [-0.05, 0) is 63.4 Å². The van der Waals surface area contributed by atoms with Crippen molar-refractivity contribution >= 4 is 15.9 Å². The molecule has 6 nitrogen and oxygen atoms in total. The molecule has 1 heterocycles. The highest BCUT2D eigenvalue weighted by molar-refractivity contribution is 7.89. The average Bonchev–Trinajstić information content (AvgIpc) is 3.19. The maximum atomic E-state index is 13.2. The molecule has 1 amide bonds. The minimum Gasteiger partial charge on any atom is -0.376 e. The number of hydrogen-bond donors (Lipinski definition) is 1. The second-order valence-electron chi connectivity index (χ2n) is 8.69. The zero-order chi connectivity index (χ0) is 21.8. The molecule has 1 saturated heterocycles. The first-order valence-electron chi connectivity index (χ1n) is 10.2. The van der Waals surface area contributed by atoms with Crippen LogP contribution in [0.15, 0.2) is 59.5 Å². The monoisotopic (exact) mass is 430 g/mol. The molecule has 3 rings (SSSR count). The lowest BCUT2D eigenvalue weighted by molar-refractivity contribution is 0.0507. The van der Waals surface area contributed by atoms with E-state index < -0.39 is 15.6 Å². The van der Waals surface area contributed by atoms with E-state index in [4.69, 9.17) is 4.74 Å². The van der Waals surface area contributed by atoms with Gasteiger partial charge in [0.15, 0.2) is 0 Å². The first-order valence-corrected chi connectivity index (χ1v) is 11.7. The number of nitrogens with zero attached hydrogens (tertiary/aromatic N) is 1. The SMILES string of the molecule is CC(C)(C)NS(=O)(=O)c1ccc(C(=O)N(Cc2ccccc2)CC2CCCO2)cc1. The molecular formula is C23H30N2O4S. The molecule has 0 saturated carbocycles. The molecule has 0 spiro atoms. The minimum atomic E-state index is -3.64. The Morgan fingerprint density at radius 3 is 2.33 bits per heavy atom. The molecular weight excluding hydrogens is 400 g/mol. The van der Waals surface area contributed by atoms with Crippen LogP contribution in [0.2, 0.25) is 0 Å². The fraction of sp³-hybridized carbons (Fsp3) is 0.435. The summed E-state index contributed by atoms with van der Waals surface area (Å²) in [7, 11) is -3.64. The van der Waals surface area contributed by atoms with Gasteiger partial charge < -0.3 is 9.64 Å². The largest absolute Gasteiger partial charge is 0.376 e. The summed E-state index contributed by atoms with van der Waals surface area (Å²) < 4.78 is 33.4. The highest BCUT2D eigenvalue weighted by Gasteiger charge is 2.25. The van der Waals surface area contributed by atoms with Crippen molar-refractivity contribution in [3.05, 3.63) is 65.7 Å². The van der Waals surface area contributed by atoms with E-state index in [9.17, 15) is 13.2 Å². The lowest BCUT2D eigenvalue weighted by Crippen LogP contribution is -2.40. The molecule has 0 aliphatic carbocycles. The van der Waals surface area contributed by atoms with Crippen molar-refractivity contribution < 1.29 is 17.9 Å². The Balaban J connectivity index is 1.79. The van der Waals surface area contributed by atoms with Gasteiger partial charge in [-0.1, -0.05) is 30.3 Å². The van der Waals surface area contributed by atoms with E-state index in [2.05, 4.69) is 4.72 Å². The molecule has 0 radical (unpaired) electrons. The van der Waals surface area contributed by atoms with Crippen molar-refractivity contribution in [3.63, 3.8) is 0 Å². The summed E-state index contributed by atoms with van der Waals surface area (Å²) >= 11 is 0. The highest BCUT2D eigenvalue weighted by Crippen LogP contribution is 2.19. The smallest absolute Gasteiger partial charge is 0.254 e. The summed E-state index contributed by atoms with van der Waals surface area (Å²) in [5, 5.41) is 0. The summed E-state index contributed by atoms with van der Waals surface area (Å²) in [6.07, 6.45) is 1.98. The summed E-state index contributed by atoms with van der Waals surface area (Å²) in [6, 6.07) is 15.9. The molecule has 1 N–H and O–H groups in total. The number of ether oxygens (including phenoxy) is 1. The summed E-state index contributed by atoms with van der Waals surface area (Å²) in [4.78, 5) is 15.2. The number of nitrogens with one attached hydrogen (secondary N) is 1. The van der Waals surface area contributed by atoms with Gasteiger partial charge in [-0.3, -0.25) is 4.79 Å². The third kappa shape index (κ3) is 6.14. The zero-order valence-corrected chi connectivity index (χ0v) is 18.6. The quantitative estimate of drug-likeness (QED) is 0.728. The Labute approximate surface area is 179 Å². The molecule has 30 heavy (non-hydrogen) atoms. The van der Waals surface area contributed by atoms with Crippen LogP contribution < -0.4 is 4.72 Å². The Hall–Kier alpha value is -2.22. The second-order valence-corrected chi connectivity index (χ2v) is 10.4. The molecule has 1 aliphatic heterocycles. The summed E-state index contributed by atoms with van der Waals surface area (Å²) in [6.45, 7) is 7.08. The molecule has 0 bridgehead atoms. The van der Waals surface area contributed by atoms with E-state index in [1.54, 1.807) is 37.8 Å². The van der Waals surface area contributed by atoms with Gasteiger partial charge in [0.2, 0.25) is 10.0 Å². The van der Waals surface area contributed by atoms with E-state index in [1.165, 1.54) is 12.1 Å². The van der Waals surface area contributed by atoms with Crippen molar-refractivity contribution in [1.82, 2.24) is 9.62 Å². The van der Waals surface area contributed by atoms with Crippen molar-refractivity contribution in [2.24, 2.45) is 0 Å². The van der Waals surface area contributed by atoms with Crippen molar-refractivity contribution in [2.75, 3.05) is 13.2 Å². The Bertz CT molecular complexity index is 945. The topological polar surface area (TPSA) is 75.7 Å². The normalized spacial score (nSPS) is 17.1. The molecule has 1 atom stereocenters. The number of carbonyl (C=O) groups excluding carboxylic acids is 1. The Morgan fingerprint density at radius 2 is 1.77 bits per heavy atom. The summed E-state index contributed by atoms with van der Waals surface area (Å²) in [5.41, 5.74) is 0.914. The molecule has 2 aromatic carbocycles. The van der Waals surface area contributed by atoms with Crippen LogP contribution in [0.25, 0.3) is 0 Å². The number of sulfonamides is 1. The fourth-order valence-corrected chi connectivity index (χ4v) is 4.90. The van der Waals surface area contributed by atoms with Gasteiger partial charge in [0.25, 0.3) is 5.91 Å². The molecule has 0 aromatic heterocycles. The third-order valence-electron chi connectivity index (χ3n) is 4.80. The number of amides is 1. The van der Waals surface area contributed by atoms with E-state index in [-0.39, 0.29) is 16.9 Å². The molecule has 2 aromatic rings. The van der Waals surface area contributed by atoms with Crippen LogP contribution in [0, 0.1) is 0 Å². The van der Waals surface area contributed by atoms with Crippen LogP contribution in [0.4, 0.5) is 0 Å². The second kappa shape index (κ2) is 9.29. The number of carbonyl (C=O) groups is 1. The van der Waals surface area contributed by atoms with Crippen molar-refractivity contribution in [1.29, 1.82) is 0 Å². The standard InChI is InChI=1S/C23H30N2O4S/c1-23(2,3)24-30(27,28)21-13-11-19(12-14-21)22(26)25(17-20-10-7-15-29-20)16-18-8-5-4-6-9-18/h4-6,8-9,11-14,20,24H,7,10,15-17H2,1-3H3. The van der Waals surface area contributed by atoms with Gasteiger partial charge in [0, 0.05) is 30.8 Å². The highest BCUT2D eigenvalue weighted by atomic mass is 32.2. The van der Waals surface area contributed by atoms with Gasteiger partial charge in [0.1, 0.15) is 0 Å². The first-order chi connectivity index (χ1) is 14.1. The van der Waals surface area contributed by atoms with Crippen LogP contribution in [0.1, 0.15) is 49.5 Å². The van der Waals surface area contributed by atoms with Crippen LogP contribution in [-0.4, -0.2) is 44.0 Å². The van der Waals surface area contributed by atoms with Gasteiger partial charge in [-0.2, -0.15) is 0 Å². The van der Waals surface area contributed by atoms with Crippen LogP contribution in [0.5, 0.6) is 0 Å². The lowest BCUT2D eigenvalue weighted by Gasteiger charge is -2.26. The van der Waals surface area contributed by atoms with Crippen LogP contribution in [-0.2, 0) is 21.3 Å². The van der Waals surface area contributed by atoms with Crippen molar-refractivity contribution in [3.8, 4) is 0 Å². The number of benzene rings is 2. The molecule has 1 unspecified atom stereocenters. The molecule has 1 aliphatic rings. The maximum Gasteiger partial charge on any atom is 0.254 e. The van der Waals surface area contributed by atoms with E-state index >= 15 is 0 Å². The predicted octanol–water partition coefficient (Wildman–Crippen LogP) is 3.58. The lowest BCUT2D eigenvalue weighted by atomic mass is 10.1. The van der Waals surface area contributed by atoms with E-state index in [0.717, 1.165) is 25.0 Å². The van der Waals surface area contributed by atoms with Gasteiger partial charge in [-0.25, -0.2) is 13.1 Å². The van der Waals surface area contributed by atoms with Gasteiger partial charge in [-0.15, -0.1) is 0 Å². The first kappa shape index (κ1) is 22.5. The third-order valence-corrected chi connectivity index (χ3v) is 6.58. The molecule has 1 fully saturated rings. The maximum absolute atomic E-state index is 13.2. The Morgan fingerprint density at radius 1 is 1.10 bits per heavy atom. The van der Waals surface area contributed by atoms with Crippen molar-refractivity contribution in [2.45, 2.75) is 56.7 Å². The van der Waals surface area contributed by atoms with Crippen LogP contribution >= 0.6 is 0 Å². The van der Waals surface area contributed by atoms with Gasteiger partial charge >= 0.3 is 0 Å². The molecule has 7 heteroatoms. The zero-order valence-electron chi connectivity index (χ0n) is 17.8. The van der Waals surface area contributed by atoms with E-state index in [0.29, 0.717) is 18.7 Å². The number of rotatable bonds is 7. The Kier molecular flexibility index (Phi) is 6.95. The van der Waals surface area contributed by atoms with Gasteiger partial charge in [0.05, 0.1) is 11.0 Å². The fourth-order valence-electron chi connectivity index (χ4n) is 3.48. The van der Waals surface area contributed by atoms with Crippen LogP contribution in [0.3, 0.4) is 0 Å². The van der Waals surface area contributed by atoms with E-state index in [1.807, 2.05) is 30.3 Å². The molecule has 162 valence electrons. The minimum absolute atomic E-state index is 0.0355.